The van der Waals surface area contributed by atoms with Gasteiger partial charge >= 0.3 is 5.97 Å². The molecule has 2 rings (SSSR count). The maximum Gasteiger partial charge on any atom is 0.337 e. The monoisotopic (exact) mass is 425 g/mol. The molecule has 2 aromatic rings. The van der Waals surface area contributed by atoms with Crippen molar-refractivity contribution in [1.29, 1.82) is 10.5 Å². The highest BCUT2D eigenvalue weighted by atomic mass is 35.5. The normalized spacial score (nSPS) is 10.4. The zero-order valence-corrected chi connectivity index (χ0v) is 16.8. The molecule has 0 saturated heterocycles. The van der Waals surface area contributed by atoms with E-state index in [0.717, 1.165) is 0 Å². The van der Waals surface area contributed by atoms with Crippen molar-refractivity contribution in [3.63, 3.8) is 0 Å². The van der Waals surface area contributed by atoms with Crippen molar-refractivity contribution in [3.8, 4) is 23.6 Å². The van der Waals surface area contributed by atoms with Crippen molar-refractivity contribution in [2.24, 2.45) is 0 Å². The van der Waals surface area contributed by atoms with Gasteiger partial charge in [-0.1, -0.05) is 11.6 Å². The Kier molecular flexibility index (Phi) is 7.81. The Bertz CT molecular complexity index is 1070. The summed E-state index contributed by atoms with van der Waals surface area (Å²) in [5.74, 6) is -0.714. The van der Waals surface area contributed by atoms with Crippen molar-refractivity contribution in [2.75, 3.05) is 26.1 Å². The first-order valence-corrected chi connectivity index (χ1v) is 8.80. The van der Waals surface area contributed by atoms with E-state index in [9.17, 15) is 14.9 Å². The third-order valence-corrected chi connectivity index (χ3v) is 4.05. The van der Waals surface area contributed by atoms with Crippen molar-refractivity contribution in [3.05, 3.63) is 58.1 Å². The third-order valence-electron chi connectivity index (χ3n) is 3.77. The molecule has 9 heteroatoms. The number of nitrogens with zero attached hydrogens (tertiary/aromatic N) is 2. The molecule has 0 aliphatic rings. The highest BCUT2D eigenvalue weighted by Crippen LogP contribution is 2.37. The fourth-order valence-corrected chi connectivity index (χ4v) is 2.66. The van der Waals surface area contributed by atoms with Crippen molar-refractivity contribution >= 4 is 35.2 Å². The van der Waals surface area contributed by atoms with Crippen molar-refractivity contribution in [2.45, 2.75) is 0 Å². The molecular formula is C21H16ClN3O5. The summed E-state index contributed by atoms with van der Waals surface area (Å²) < 4.78 is 15.1. The Morgan fingerprint density at radius 3 is 2.43 bits per heavy atom. The molecule has 0 bridgehead atoms. The van der Waals surface area contributed by atoms with Gasteiger partial charge < -0.3 is 19.5 Å². The Morgan fingerprint density at radius 2 is 1.87 bits per heavy atom. The van der Waals surface area contributed by atoms with Crippen LogP contribution in [0.25, 0.3) is 6.08 Å². The number of halogens is 1. The van der Waals surface area contributed by atoms with Gasteiger partial charge in [0.25, 0.3) is 5.91 Å². The number of carbonyl (C=O) groups excluding carboxylic acids is 2. The first-order chi connectivity index (χ1) is 14.4. The Labute approximate surface area is 177 Å². The summed E-state index contributed by atoms with van der Waals surface area (Å²) in [6.45, 7) is -0.216. The van der Waals surface area contributed by atoms with Crippen LogP contribution in [0.1, 0.15) is 15.9 Å². The highest BCUT2D eigenvalue weighted by Gasteiger charge is 2.14. The average Bonchev–Trinajstić information content (AvgIpc) is 2.76. The van der Waals surface area contributed by atoms with Crippen molar-refractivity contribution in [1.82, 2.24) is 0 Å². The third kappa shape index (κ3) is 5.51. The fourth-order valence-electron chi connectivity index (χ4n) is 2.39. The molecule has 0 unspecified atom stereocenters. The number of ether oxygens (including phenoxy) is 3. The lowest BCUT2D eigenvalue weighted by Gasteiger charge is -2.11. The number of nitrogens with one attached hydrogen (secondary N) is 1. The Hall–Kier alpha value is -4.01. The van der Waals surface area contributed by atoms with Crippen LogP contribution in [-0.2, 0) is 9.53 Å². The molecule has 0 radical (unpaired) electrons. The molecule has 0 aliphatic carbocycles. The maximum absolute atomic E-state index is 12.5. The van der Waals surface area contributed by atoms with E-state index in [-0.39, 0.29) is 28.7 Å². The first-order valence-electron chi connectivity index (χ1n) is 8.42. The summed E-state index contributed by atoms with van der Waals surface area (Å²) >= 11 is 6.17. The minimum absolute atomic E-state index is 0.159. The molecular weight excluding hydrogens is 410 g/mol. The lowest BCUT2D eigenvalue weighted by molar-refractivity contribution is -0.112. The lowest BCUT2D eigenvalue weighted by Crippen LogP contribution is -2.13. The number of esters is 1. The van der Waals surface area contributed by atoms with Gasteiger partial charge in [0, 0.05) is 5.69 Å². The van der Waals surface area contributed by atoms with Crippen LogP contribution in [0.2, 0.25) is 5.02 Å². The Balaban J connectivity index is 2.25. The predicted molar refractivity (Wildman–Crippen MR) is 109 cm³/mol. The zero-order valence-electron chi connectivity index (χ0n) is 16.1. The topological polar surface area (TPSA) is 121 Å². The number of anilines is 1. The number of benzene rings is 2. The number of carbonyl (C=O) groups is 2. The molecule has 30 heavy (non-hydrogen) atoms. The molecule has 1 N–H and O–H groups in total. The second-order valence-electron chi connectivity index (χ2n) is 5.67. The molecule has 0 aromatic heterocycles. The molecule has 0 atom stereocenters. The van der Waals surface area contributed by atoms with Crippen LogP contribution < -0.4 is 14.8 Å². The van der Waals surface area contributed by atoms with E-state index in [1.54, 1.807) is 0 Å². The van der Waals surface area contributed by atoms with Crippen LogP contribution in [0.5, 0.6) is 11.5 Å². The number of hydrogen-bond donors (Lipinski definition) is 1. The molecule has 0 heterocycles. The average molecular weight is 426 g/mol. The van der Waals surface area contributed by atoms with Crippen LogP contribution in [-0.4, -0.2) is 32.7 Å². The Morgan fingerprint density at radius 1 is 1.17 bits per heavy atom. The predicted octanol–water partition coefficient (Wildman–Crippen LogP) is 3.58. The molecule has 152 valence electrons. The van der Waals surface area contributed by atoms with Gasteiger partial charge in [-0.15, -0.1) is 0 Å². The molecule has 8 nitrogen and oxygen atoms in total. The van der Waals surface area contributed by atoms with E-state index < -0.39 is 11.9 Å². The largest absolute Gasteiger partial charge is 0.493 e. The summed E-state index contributed by atoms with van der Waals surface area (Å²) in [6.07, 6.45) is 1.33. The van der Waals surface area contributed by atoms with Gasteiger partial charge in [0.2, 0.25) is 0 Å². The highest BCUT2D eigenvalue weighted by molar-refractivity contribution is 6.32. The fraction of sp³-hybridized carbons (Fsp3) is 0.143. The molecule has 0 aliphatic heterocycles. The lowest BCUT2D eigenvalue weighted by atomic mass is 10.1. The number of nitriles is 2. The quantitative estimate of drug-likeness (QED) is 0.408. The molecule has 1 amide bonds. The van der Waals surface area contributed by atoms with Gasteiger partial charge in [-0.25, -0.2) is 4.79 Å². The van der Waals surface area contributed by atoms with E-state index in [4.69, 9.17) is 26.3 Å². The summed E-state index contributed by atoms with van der Waals surface area (Å²) in [4.78, 5) is 23.9. The summed E-state index contributed by atoms with van der Waals surface area (Å²) in [5, 5.41) is 20.8. The van der Waals surface area contributed by atoms with E-state index in [1.165, 1.54) is 56.7 Å². The van der Waals surface area contributed by atoms with Crippen LogP contribution >= 0.6 is 11.6 Å². The van der Waals surface area contributed by atoms with Gasteiger partial charge in [0.15, 0.2) is 18.1 Å². The number of hydrogen-bond acceptors (Lipinski definition) is 7. The van der Waals surface area contributed by atoms with Gasteiger partial charge in [-0.2, -0.15) is 10.5 Å². The second kappa shape index (κ2) is 10.5. The molecule has 0 fully saturated rings. The van der Waals surface area contributed by atoms with E-state index in [0.29, 0.717) is 16.8 Å². The van der Waals surface area contributed by atoms with Gasteiger partial charge in [-0.05, 0) is 48.0 Å². The van der Waals surface area contributed by atoms with Crippen molar-refractivity contribution < 1.29 is 23.8 Å². The second-order valence-corrected chi connectivity index (χ2v) is 6.08. The standard InChI is InChI=1S/C21H16ClN3O5/c1-28-18-11-13(10-17(22)19(18)30-8-7-23)9-15(12-24)20(26)25-16-5-3-14(4-6-16)21(27)29-2/h3-6,9-11H,8H2,1-2H3,(H,25,26)/b15-9+. The SMILES string of the molecule is COC(=O)c1ccc(NC(=O)/C(C#N)=C/c2cc(Cl)c(OCC#N)c(OC)c2)cc1. The van der Waals surface area contributed by atoms with Gasteiger partial charge in [-0.3, -0.25) is 4.79 Å². The smallest absolute Gasteiger partial charge is 0.337 e. The van der Waals surface area contributed by atoms with Gasteiger partial charge in [0.05, 0.1) is 24.8 Å². The number of rotatable bonds is 7. The van der Waals surface area contributed by atoms with E-state index in [1.807, 2.05) is 12.1 Å². The van der Waals surface area contributed by atoms with E-state index >= 15 is 0 Å². The molecule has 0 spiro atoms. The maximum atomic E-state index is 12.5. The summed E-state index contributed by atoms with van der Waals surface area (Å²) in [6, 6.07) is 12.7. The zero-order chi connectivity index (χ0) is 22.1. The summed E-state index contributed by atoms with van der Waals surface area (Å²) in [7, 11) is 2.67. The molecule has 2 aromatic carbocycles. The van der Waals surface area contributed by atoms with E-state index in [2.05, 4.69) is 10.1 Å². The van der Waals surface area contributed by atoms with Gasteiger partial charge in [0.1, 0.15) is 17.7 Å². The minimum atomic E-state index is -0.650. The number of methoxy groups -OCH3 is 2. The first kappa shape index (κ1) is 22.3. The summed E-state index contributed by atoms with van der Waals surface area (Å²) in [5.41, 5.74) is 0.960. The van der Waals surface area contributed by atoms with Crippen LogP contribution in [0.3, 0.4) is 0 Å². The molecule has 0 saturated carbocycles. The van der Waals surface area contributed by atoms with Crippen LogP contribution in [0, 0.1) is 22.7 Å². The van der Waals surface area contributed by atoms with Crippen LogP contribution in [0.4, 0.5) is 5.69 Å². The van der Waals surface area contributed by atoms with Crippen LogP contribution in [0.15, 0.2) is 42.0 Å². The minimum Gasteiger partial charge on any atom is -0.493 e. The number of amides is 1.